The summed E-state index contributed by atoms with van der Waals surface area (Å²) in [5, 5.41) is 3.74. The van der Waals surface area contributed by atoms with Crippen molar-refractivity contribution in [3.63, 3.8) is 0 Å². The van der Waals surface area contributed by atoms with Crippen LogP contribution in [0.3, 0.4) is 0 Å². The summed E-state index contributed by atoms with van der Waals surface area (Å²) in [4.78, 5) is 0. The maximum atomic E-state index is 6.85. The Hall–Kier alpha value is -0.0800. The lowest BCUT2D eigenvalue weighted by atomic mass is 9.80. The Balaban J connectivity index is 1.69. The third-order valence-corrected chi connectivity index (χ3v) is 5.92. The molecule has 1 heterocycles. The molecule has 3 fully saturated rings. The molecule has 2 aliphatic carbocycles. The molecule has 2 saturated carbocycles. The lowest BCUT2D eigenvalue weighted by molar-refractivity contribution is -0.196. The van der Waals surface area contributed by atoms with Gasteiger partial charge in [-0.3, -0.25) is 0 Å². The highest BCUT2D eigenvalue weighted by molar-refractivity contribution is 4.99. The molecule has 110 valence electrons. The van der Waals surface area contributed by atoms with Crippen molar-refractivity contribution in [2.24, 2.45) is 5.92 Å². The van der Waals surface area contributed by atoms with Gasteiger partial charge in [-0.25, -0.2) is 0 Å². The molecule has 2 nitrogen and oxygen atoms in total. The molecule has 2 unspecified atom stereocenters. The van der Waals surface area contributed by atoms with Crippen molar-refractivity contribution in [3.05, 3.63) is 0 Å². The van der Waals surface area contributed by atoms with Crippen molar-refractivity contribution in [1.29, 1.82) is 0 Å². The van der Waals surface area contributed by atoms with E-state index < -0.39 is 0 Å². The van der Waals surface area contributed by atoms with E-state index in [0.29, 0.717) is 0 Å². The topological polar surface area (TPSA) is 21.3 Å². The molecule has 0 amide bonds. The predicted octanol–water partition coefficient (Wildman–Crippen LogP) is 4.04. The SMILES string of the molecule is CCC1CCCC2(CC1)CNCC1(CCCCC1)O2. The summed E-state index contributed by atoms with van der Waals surface area (Å²) in [5.74, 6) is 0.951. The van der Waals surface area contributed by atoms with E-state index in [4.69, 9.17) is 4.74 Å². The first-order valence-corrected chi connectivity index (χ1v) is 8.67. The van der Waals surface area contributed by atoms with Gasteiger partial charge in [0.2, 0.25) is 0 Å². The summed E-state index contributed by atoms with van der Waals surface area (Å²) < 4.78 is 6.85. The van der Waals surface area contributed by atoms with Crippen LogP contribution in [0.5, 0.6) is 0 Å². The van der Waals surface area contributed by atoms with Gasteiger partial charge in [0, 0.05) is 13.1 Å². The average molecular weight is 265 g/mol. The van der Waals surface area contributed by atoms with E-state index in [1.54, 1.807) is 0 Å². The van der Waals surface area contributed by atoms with E-state index in [1.807, 2.05) is 0 Å². The van der Waals surface area contributed by atoms with E-state index in [0.717, 1.165) is 19.0 Å². The number of rotatable bonds is 1. The van der Waals surface area contributed by atoms with Crippen molar-refractivity contribution >= 4 is 0 Å². The number of morpholine rings is 1. The molecule has 2 atom stereocenters. The van der Waals surface area contributed by atoms with Gasteiger partial charge >= 0.3 is 0 Å². The van der Waals surface area contributed by atoms with Crippen LogP contribution in [0.1, 0.15) is 77.6 Å². The second kappa shape index (κ2) is 5.73. The molecule has 3 rings (SSSR count). The Bertz CT molecular complexity index is 292. The van der Waals surface area contributed by atoms with E-state index in [-0.39, 0.29) is 11.2 Å². The van der Waals surface area contributed by atoms with Gasteiger partial charge in [0.05, 0.1) is 11.2 Å². The smallest absolute Gasteiger partial charge is 0.0814 e. The van der Waals surface area contributed by atoms with Crippen LogP contribution in [0.2, 0.25) is 0 Å². The lowest BCUT2D eigenvalue weighted by Crippen LogP contribution is -2.60. The largest absolute Gasteiger partial charge is 0.366 e. The second-order valence-electron chi connectivity index (χ2n) is 7.34. The summed E-state index contributed by atoms with van der Waals surface area (Å²) in [5.41, 5.74) is 0.377. The van der Waals surface area contributed by atoms with Crippen LogP contribution in [-0.4, -0.2) is 24.3 Å². The molecule has 0 radical (unpaired) electrons. The molecular weight excluding hydrogens is 234 g/mol. The van der Waals surface area contributed by atoms with E-state index in [9.17, 15) is 0 Å². The van der Waals surface area contributed by atoms with Crippen LogP contribution in [0.25, 0.3) is 0 Å². The van der Waals surface area contributed by atoms with Crippen LogP contribution >= 0.6 is 0 Å². The Kier molecular flexibility index (Phi) is 4.19. The Labute approximate surface area is 118 Å². The maximum Gasteiger partial charge on any atom is 0.0814 e. The minimum absolute atomic E-state index is 0.180. The van der Waals surface area contributed by atoms with Gasteiger partial charge in [0.1, 0.15) is 0 Å². The van der Waals surface area contributed by atoms with Gasteiger partial charge in [-0.1, -0.05) is 45.4 Å². The molecule has 19 heavy (non-hydrogen) atoms. The summed E-state index contributed by atoms with van der Waals surface area (Å²) in [6.45, 7) is 4.56. The molecule has 2 spiro atoms. The Morgan fingerprint density at radius 1 is 0.895 bits per heavy atom. The fraction of sp³-hybridized carbons (Fsp3) is 1.00. The summed E-state index contributed by atoms with van der Waals surface area (Å²) in [6.07, 6.45) is 14.9. The maximum absolute atomic E-state index is 6.85. The Morgan fingerprint density at radius 2 is 1.58 bits per heavy atom. The first-order chi connectivity index (χ1) is 9.26. The highest BCUT2D eigenvalue weighted by Crippen LogP contribution is 2.43. The summed E-state index contributed by atoms with van der Waals surface area (Å²) in [7, 11) is 0. The fourth-order valence-corrected chi connectivity index (χ4v) is 4.66. The third kappa shape index (κ3) is 3.00. The molecule has 0 aromatic rings. The zero-order valence-electron chi connectivity index (χ0n) is 12.7. The molecule has 3 aliphatic rings. The minimum atomic E-state index is 0.180. The van der Waals surface area contributed by atoms with Crippen LogP contribution in [-0.2, 0) is 4.74 Å². The minimum Gasteiger partial charge on any atom is -0.366 e. The van der Waals surface area contributed by atoms with Crippen molar-refractivity contribution in [2.75, 3.05) is 13.1 Å². The molecule has 2 heteroatoms. The van der Waals surface area contributed by atoms with Crippen LogP contribution in [0, 0.1) is 5.92 Å². The van der Waals surface area contributed by atoms with E-state index in [2.05, 4.69) is 12.2 Å². The van der Waals surface area contributed by atoms with Gasteiger partial charge in [0.15, 0.2) is 0 Å². The van der Waals surface area contributed by atoms with Gasteiger partial charge < -0.3 is 10.1 Å². The van der Waals surface area contributed by atoms with Crippen LogP contribution in [0.4, 0.5) is 0 Å². The molecular formula is C17H31NO. The van der Waals surface area contributed by atoms with Gasteiger partial charge in [-0.05, 0) is 38.0 Å². The molecule has 1 N–H and O–H groups in total. The highest BCUT2D eigenvalue weighted by Gasteiger charge is 2.46. The van der Waals surface area contributed by atoms with Gasteiger partial charge in [0.25, 0.3) is 0 Å². The standard InChI is InChI=1S/C17H31NO/c1-2-15-7-6-11-17(12-8-15)14-18-13-16(19-17)9-4-3-5-10-16/h15,18H,2-14H2,1H3. The normalized spacial score (nSPS) is 39.3. The monoisotopic (exact) mass is 265 g/mol. The van der Waals surface area contributed by atoms with Crippen molar-refractivity contribution in [3.8, 4) is 0 Å². The van der Waals surface area contributed by atoms with Gasteiger partial charge in [-0.2, -0.15) is 0 Å². The van der Waals surface area contributed by atoms with E-state index >= 15 is 0 Å². The zero-order valence-corrected chi connectivity index (χ0v) is 12.7. The van der Waals surface area contributed by atoms with Crippen molar-refractivity contribution in [2.45, 2.75) is 88.8 Å². The highest BCUT2D eigenvalue weighted by atomic mass is 16.5. The second-order valence-corrected chi connectivity index (χ2v) is 7.34. The number of ether oxygens (including phenoxy) is 1. The molecule has 1 saturated heterocycles. The first kappa shape index (κ1) is 13.9. The zero-order chi connectivity index (χ0) is 13.2. The molecule has 0 aromatic heterocycles. The molecule has 0 aromatic carbocycles. The summed E-state index contributed by atoms with van der Waals surface area (Å²) >= 11 is 0. The number of hydrogen-bond acceptors (Lipinski definition) is 2. The molecule has 0 bridgehead atoms. The average Bonchev–Trinajstić information content (AvgIpc) is 2.62. The quantitative estimate of drug-likeness (QED) is 0.772. The summed E-state index contributed by atoms with van der Waals surface area (Å²) in [6, 6.07) is 0. The third-order valence-electron chi connectivity index (χ3n) is 5.92. The van der Waals surface area contributed by atoms with Crippen LogP contribution < -0.4 is 5.32 Å². The molecule has 1 aliphatic heterocycles. The van der Waals surface area contributed by atoms with Crippen LogP contribution in [0.15, 0.2) is 0 Å². The number of nitrogens with one attached hydrogen (secondary N) is 1. The fourth-order valence-electron chi connectivity index (χ4n) is 4.66. The number of hydrogen-bond donors (Lipinski definition) is 1. The first-order valence-electron chi connectivity index (χ1n) is 8.67. The van der Waals surface area contributed by atoms with E-state index in [1.165, 1.54) is 70.6 Å². The lowest BCUT2D eigenvalue weighted by Gasteiger charge is -2.50. The predicted molar refractivity (Wildman–Crippen MR) is 79.4 cm³/mol. The Morgan fingerprint density at radius 3 is 2.32 bits per heavy atom. The van der Waals surface area contributed by atoms with Gasteiger partial charge in [-0.15, -0.1) is 0 Å². The van der Waals surface area contributed by atoms with Crippen molar-refractivity contribution in [1.82, 2.24) is 5.32 Å². The van der Waals surface area contributed by atoms with Crippen molar-refractivity contribution < 1.29 is 4.74 Å².